The molecule has 2 aromatic rings. The van der Waals surface area contributed by atoms with Crippen LogP contribution in [0.4, 0.5) is 10.5 Å². The first-order chi connectivity index (χ1) is 14.5. The van der Waals surface area contributed by atoms with Crippen molar-refractivity contribution in [3.63, 3.8) is 0 Å². The van der Waals surface area contributed by atoms with Crippen LogP contribution in [0.3, 0.4) is 0 Å². The third-order valence-electron chi connectivity index (χ3n) is 6.46. The van der Waals surface area contributed by atoms with E-state index in [0.717, 1.165) is 42.6 Å². The Hall–Kier alpha value is -3.35. The van der Waals surface area contributed by atoms with Gasteiger partial charge in [-0.3, -0.25) is 9.69 Å². The molecule has 2 amide bonds. The molecule has 3 N–H and O–H groups in total. The van der Waals surface area contributed by atoms with E-state index in [9.17, 15) is 14.7 Å². The number of carboxylic acid groups (broad SMARTS) is 1. The Morgan fingerprint density at radius 2 is 1.67 bits per heavy atom. The van der Waals surface area contributed by atoms with Crippen LogP contribution in [-0.2, 0) is 6.54 Å². The topological polar surface area (TPSA) is 99.2 Å². The number of hydrogen-bond acceptors (Lipinski definition) is 4. The van der Waals surface area contributed by atoms with E-state index < -0.39 is 11.6 Å². The van der Waals surface area contributed by atoms with Gasteiger partial charge < -0.3 is 15.7 Å². The molecule has 2 aromatic carbocycles. The van der Waals surface area contributed by atoms with Crippen molar-refractivity contribution >= 4 is 23.5 Å². The van der Waals surface area contributed by atoms with Gasteiger partial charge in [0.25, 0.3) is 5.91 Å². The fourth-order valence-corrected chi connectivity index (χ4v) is 4.48. The average molecular weight is 404 g/mol. The highest BCUT2D eigenvalue weighted by Gasteiger charge is 2.55. The maximum absolute atomic E-state index is 12.6. The molecule has 1 aliphatic carbocycles. The minimum atomic E-state index is -0.971. The quantitative estimate of drug-likeness (QED) is 0.799. The highest BCUT2D eigenvalue weighted by Crippen LogP contribution is 2.46. The molecule has 0 unspecified atom stereocenters. The van der Waals surface area contributed by atoms with Crippen LogP contribution in [0, 0.1) is 0 Å². The fraction of sp³-hybridized carbons (Fsp3) is 0.348. The van der Waals surface area contributed by atoms with Gasteiger partial charge in [-0.15, -0.1) is 0 Å². The molecule has 1 saturated carbocycles. The first-order valence-corrected chi connectivity index (χ1v) is 10.4. The number of nitrogens with two attached hydrogens (primary N) is 1. The van der Waals surface area contributed by atoms with Crippen molar-refractivity contribution in [1.82, 2.24) is 9.80 Å². The van der Waals surface area contributed by atoms with Gasteiger partial charge in [0.05, 0.1) is 12.2 Å². The van der Waals surface area contributed by atoms with Crippen molar-refractivity contribution in [3.8, 4) is 11.1 Å². The Balaban J connectivity index is 1.44. The number of aliphatic imine (C=N–C) groups is 1. The number of nitrogens with zero attached hydrogens (tertiary/aromatic N) is 3. The smallest absolute Gasteiger partial charge is 0.408 e. The second-order valence-electron chi connectivity index (χ2n) is 8.32. The molecule has 1 spiro atoms. The van der Waals surface area contributed by atoms with Crippen molar-refractivity contribution in [2.45, 2.75) is 37.8 Å². The highest BCUT2D eigenvalue weighted by molar-refractivity contribution is 5.98. The first kappa shape index (κ1) is 18.7. The van der Waals surface area contributed by atoms with Crippen molar-refractivity contribution in [2.75, 3.05) is 13.1 Å². The molecule has 7 heteroatoms. The largest absolute Gasteiger partial charge is 0.465 e. The Morgan fingerprint density at radius 1 is 1.00 bits per heavy atom. The molecule has 0 radical (unpaired) electrons. The summed E-state index contributed by atoms with van der Waals surface area (Å²) in [6.45, 7) is 1.94. The Bertz CT molecular complexity index is 1050. The lowest BCUT2D eigenvalue weighted by Gasteiger charge is -2.27. The van der Waals surface area contributed by atoms with Gasteiger partial charge in [0.15, 0.2) is 0 Å². The number of amides is 2. The van der Waals surface area contributed by atoms with E-state index in [2.05, 4.69) is 4.99 Å². The third-order valence-corrected chi connectivity index (χ3v) is 6.46. The number of carbonyl (C=O) groups excluding carboxylic acids is 1. The van der Waals surface area contributed by atoms with Crippen LogP contribution in [0.1, 0.15) is 41.6 Å². The third kappa shape index (κ3) is 3.01. The van der Waals surface area contributed by atoms with Crippen LogP contribution < -0.4 is 5.73 Å². The van der Waals surface area contributed by atoms with Gasteiger partial charge >= 0.3 is 6.09 Å². The fourth-order valence-electron chi connectivity index (χ4n) is 4.48. The summed E-state index contributed by atoms with van der Waals surface area (Å²) in [7, 11) is 0. The van der Waals surface area contributed by atoms with Gasteiger partial charge in [-0.25, -0.2) is 9.79 Å². The van der Waals surface area contributed by atoms with Gasteiger partial charge in [0, 0.05) is 18.7 Å². The van der Waals surface area contributed by atoms with Crippen molar-refractivity contribution in [2.24, 2.45) is 10.7 Å². The van der Waals surface area contributed by atoms with Gasteiger partial charge in [-0.05, 0) is 60.6 Å². The number of benzene rings is 2. The zero-order valence-corrected chi connectivity index (χ0v) is 16.7. The number of carbonyl (C=O) groups is 2. The molecule has 1 saturated heterocycles. The first-order valence-electron chi connectivity index (χ1n) is 10.4. The summed E-state index contributed by atoms with van der Waals surface area (Å²) >= 11 is 0. The zero-order chi connectivity index (χ0) is 20.9. The molecule has 7 nitrogen and oxygen atoms in total. The van der Waals surface area contributed by atoms with Crippen LogP contribution in [0.2, 0.25) is 0 Å². The molecule has 5 rings (SSSR count). The van der Waals surface area contributed by atoms with E-state index in [1.165, 1.54) is 4.90 Å². The van der Waals surface area contributed by atoms with Crippen LogP contribution in [0.5, 0.6) is 0 Å². The normalized spacial score (nSPS) is 19.3. The van der Waals surface area contributed by atoms with Crippen molar-refractivity contribution in [3.05, 3.63) is 53.6 Å². The maximum Gasteiger partial charge on any atom is 0.408 e. The molecule has 2 aliphatic heterocycles. The van der Waals surface area contributed by atoms with Crippen molar-refractivity contribution < 1.29 is 14.7 Å². The molecule has 0 aromatic heterocycles. The SMILES string of the molecule is NC1=Nc2cc(-c3ccc(C(=O)N4CCCC4)cc3)ccc2CN(C(=O)O)C12CC2. The minimum Gasteiger partial charge on any atom is -0.465 e. The molecule has 2 fully saturated rings. The number of amidine groups is 1. The lowest BCUT2D eigenvalue weighted by atomic mass is 10.0. The monoisotopic (exact) mass is 404 g/mol. The van der Waals surface area contributed by atoms with E-state index in [4.69, 9.17) is 5.73 Å². The lowest BCUT2D eigenvalue weighted by molar-refractivity contribution is 0.0792. The highest BCUT2D eigenvalue weighted by atomic mass is 16.4. The molecule has 0 atom stereocenters. The minimum absolute atomic E-state index is 0.0850. The molecule has 30 heavy (non-hydrogen) atoms. The van der Waals surface area contributed by atoms with Gasteiger partial charge in [0.2, 0.25) is 0 Å². The van der Waals surface area contributed by atoms with E-state index in [1.54, 1.807) is 0 Å². The van der Waals surface area contributed by atoms with Gasteiger partial charge in [-0.2, -0.15) is 0 Å². The lowest BCUT2D eigenvalue weighted by Crippen LogP contribution is -2.48. The Labute approximate surface area is 174 Å². The average Bonchev–Trinajstić information content (AvgIpc) is 3.39. The van der Waals surface area contributed by atoms with Crippen LogP contribution in [0.15, 0.2) is 47.5 Å². The summed E-state index contributed by atoms with van der Waals surface area (Å²) in [5, 5.41) is 9.65. The van der Waals surface area contributed by atoms with Crippen molar-refractivity contribution in [1.29, 1.82) is 0 Å². The molecule has 2 heterocycles. The number of hydrogen-bond donors (Lipinski definition) is 2. The van der Waals surface area contributed by atoms with E-state index >= 15 is 0 Å². The zero-order valence-electron chi connectivity index (χ0n) is 16.7. The summed E-state index contributed by atoms with van der Waals surface area (Å²) in [6.07, 6.45) is 2.59. The van der Waals surface area contributed by atoms with Gasteiger partial charge in [0.1, 0.15) is 11.4 Å². The number of rotatable bonds is 2. The number of likely N-dealkylation sites (tertiary alicyclic amines) is 1. The summed E-state index contributed by atoms with van der Waals surface area (Å²) in [5.41, 5.74) is 9.75. The van der Waals surface area contributed by atoms with Gasteiger partial charge in [-0.1, -0.05) is 24.3 Å². The molecule has 0 bridgehead atoms. The summed E-state index contributed by atoms with van der Waals surface area (Å²) in [4.78, 5) is 32.2. The molecule has 154 valence electrons. The molecular weight excluding hydrogens is 380 g/mol. The second kappa shape index (κ2) is 6.86. The Kier molecular flexibility index (Phi) is 4.27. The summed E-state index contributed by atoms with van der Waals surface area (Å²) in [6, 6.07) is 13.5. The molecule has 3 aliphatic rings. The predicted octanol–water partition coefficient (Wildman–Crippen LogP) is 3.60. The molecular formula is C23H24N4O3. The van der Waals surface area contributed by atoms with E-state index in [0.29, 0.717) is 29.9 Å². The summed E-state index contributed by atoms with van der Waals surface area (Å²) < 4.78 is 0. The van der Waals surface area contributed by atoms with E-state index in [-0.39, 0.29) is 12.5 Å². The Morgan fingerprint density at radius 3 is 2.30 bits per heavy atom. The predicted molar refractivity (Wildman–Crippen MR) is 114 cm³/mol. The van der Waals surface area contributed by atoms with Crippen LogP contribution >= 0.6 is 0 Å². The van der Waals surface area contributed by atoms with Crippen LogP contribution in [-0.4, -0.2) is 51.4 Å². The van der Waals surface area contributed by atoms with Crippen LogP contribution in [0.25, 0.3) is 11.1 Å². The van der Waals surface area contributed by atoms with E-state index in [1.807, 2.05) is 47.4 Å². The number of fused-ring (bicyclic) bond motifs is 1. The summed E-state index contributed by atoms with van der Waals surface area (Å²) in [5.74, 6) is 0.453. The maximum atomic E-state index is 12.6. The second-order valence-corrected chi connectivity index (χ2v) is 8.32. The standard InChI is InChI=1S/C23H24N4O3/c24-21-23(9-10-23)27(22(29)30)14-18-8-7-17(13-19(18)25-21)15-3-5-16(6-4-15)20(28)26-11-1-2-12-26/h3-8,13H,1-2,9-12,14H2,(H2,24,25)(H,29,30).